The standard InChI is InChI=1S/C13H28N2S/c1-13(2)7-5-8-15(11-13)12(10-14)6-4-9-16-3/h12H,4-11,14H2,1-3H3. The van der Waals surface area contributed by atoms with Crippen molar-refractivity contribution in [3.05, 3.63) is 0 Å². The molecule has 1 atom stereocenters. The number of thioether (sulfide) groups is 1. The van der Waals surface area contributed by atoms with Crippen LogP contribution in [-0.4, -0.2) is 42.6 Å². The second-order valence-corrected chi connectivity index (χ2v) is 6.75. The van der Waals surface area contributed by atoms with Crippen LogP contribution >= 0.6 is 11.8 Å². The van der Waals surface area contributed by atoms with Crippen molar-refractivity contribution < 1.29 is 0 Å². The quantitative estimate of drug-likeness (QED) is 0.728. The molecule has 0 aromatic rings. The Hall–Kier alpha value is 0.270. The number of likely N-dealkylation sites (tertiary alicyclic amines) is 1. The van der Waals surface area contributed by atoms with Gasteiger partial charge in [0.2, 0.25) is 0 Å². The van der Waals surface area contributed by atoms with Crippen LogP contribution in [0, 0.1) is 5.41 Å². The predicted molar refractivity (Wildman–Crippen MR) is 75.0 cm³/mol. The molecule has 0 bridgehead atoms. The lowest BCUT2D eigenvalue weighted by molar-refractivity contribution is 0.0771. The van der Waals surface area contributed by atoms with Crippen molar-refractivity contribution in [1.82, 2.24) is 4.90 Å². The van der Waals surface area contributed by atoms with Crippen LogP contribution in [0.1, 0.15) is 39.5 Å². The van der Waals surface area contributed by atoms with E-state index in [0.717, 1.165) is 6.54 Å². The fourth-order valence-electron chi connectivity index (χ4n) is 2.69. The van der Waals surface area contributed by atoms with E-state index < -0.39 is 0 Å². The minimum Gasteiger partial charge on any atom is -0.329 e. The van der Waals surface area contributed by atoms with Gasteiger partial charge in [0.1, 0.15) is 0 Å². The summed E-state index contributed by atoms with van der Waals surface area (Å²) in [5, 5.41) is 0. The zero-order valence-electron chi connectivity index (χ0n) is 11.2. The Bertz CT molecular complexity index is 194. The molecule has 1 heterocycles. The maximum atomic E-state index is 5.93. The Morgan fingerprint density at radius 2 is 2.19 bits per heavy atom. The average Bonchev–Trinajstić information content (AvgIpc) is 2.23. The first kappa shape index (κ1) is 14.3. The van der Waals surface area contributed by atoms with Gasteiger partial charge < -0.3 is 5.73 Å². The van der Waals surface area contributed by atoms with E-state index in [2.05, 4.69) is 25.0 Å². The van der Waals surface area contributed by atoms with Crippen molar-refractivity contribution in [3.63, 3.8) is 0 Å². The highest BCUT2D eigenvalue weighted by atomic mass is 32.2. The lowest BCUT2D eigenvalue weighted by atomic mass is 9.83. The molecule has 0 aromatic carbocycles. The fourth-order valence-corrected chi connectivity index (χ4v) is 3.15. The Balaban J connectivity index is 2.39. The van der Waals surface area contributed by atoms with Gasteiger partial charge in [0.25, 0.3) is 0 Å². The SMILES string of the molecule is CSCCCC(CN)N1CCCC(C)(C)C1. The molecule has 1 aliphatic heterocycles. The summed E-state index contributed by atoms with van der Waals surface area (Å²) in [5.74, 6) is 1.27. The van der Waals surface area contributed by atoms with E-state index in [-0.39, 0.29) is 0 Å². The van der Waals surface area contributed by atoms with E-state index in [1.807, 2.05) is 11.8 Å². The summed E-state index contributed by atoms with van der Waals surface area (Å²) in [6, 6.07) is 0.617. The van der Waals surface area contributed by atoms with Crippen molar-refractivity contribution in [2.24, 2.45) is 11.1 Å². The molecule has 1 aliphatic rings. The van der Waals surface area contributed by atoms with Crippen LogP contribution in [-0.2, 0) is 0 Å². The van der Waals surface area contributed by atoms with Crippen molar-refractivity contribution in [2.75, 3.05) is 31.6 Å². The second kappa shape index (κ2) is 6.87. The third-order valence-corrected chi connectivity index (χ3v) is 4.30. The van der Waals surface area contributed by atoms with E-state index >= 15 is 0 Å². The summed E-state index contributed by atoms with van der Waals surface area (Å²) in [7, 11) is 0. The van der Waals surface area contributed by atoms with E-state index in [9.17, 15) is 0 Å². The zero-order chi connectivity index (χ0) is 12.0. The average molecular weight is 244 g/mol. The van der Waals surface area contributed by atoms with Crippen LogP contribution in [0.4, 0.5) is 0 Å². The summed E-state index contributed by atoms with van der Waals surface area (Å²) < 4.78 is 0. The zero-order valence-corrected chi connectivity index (χ0v) is 12.0. The molecule has 3 heteroatoms. The van der Waals surface area contributed by atoms with E-state index in [0.29, 0.717) is 11.5 Å². The molecule has 2 nitrogen and oxygen atoms in total. The third-order valence-electron chi connectivity index (χ3n) is 3.60. The topological polar surface area (TPSA) is 29.3 Å². The summed E-state index contributed by atoms with van der Waals surface area (Å²) in [6.45, 7) is 8.08. The lowest BCUT2D eigenvalue weighted by Gasteiger charge is -2.42. The van der Waals surface area contributed by atoms with Gasteiger partial charge in [-0.25, -0.2) is 0 Å². The van der Waals surface area contributed by atoms with Crippen LogP contribution < -0.4 is 5.73 Å². The van der Waals surface area contributed by atoms with Crippen LogP contribution in [0.25, 0.3) is 0 Å². The van der Waals surface area contributed by atoms with Gasteiger partial charge in [-0.2, -0.15) is 11.8 Å². The van der Waals surface area contributed by atoms with E-state index in [4.69, 9.17) is 5.73 Å². The van der Waals surface area contributed by atoms with Gasteiger partial charge in [0.15, 0.2) is 0 Å². The smallest absolute Gasteiger partial charge is 0.0218 e. The Morgan fingerprint density at radius 1 is 1.44 bits per heavy atom. The van der Waals surface area contributed by atoms with Crippen molar-refractivity contribution in [2.45, 2.75) is 45.6 Å². The molecule has 0 radical (unpaired) electrons. The summed E-state index contributed by atoms with van der Waals surface area (Å²) in [5.41, 5.74) is 6.42. The molecular formula is C13H28N2S. The second-order valence-electron chi connectivity index (χ2n) is 5.76. The minimum absolute atomic E-state index is 0.491. The van der Waals surface area contributed by atoms with Crippen LogP contribution in [0.5, 0.6) is 0 Å². The number of piperidine rings is 1. The maximum Gasteiger partial charge on any atom is 0.0218 e. The van der Waals surface area contributed by atoms with Crippen molar-refractivity contribution in [1.29, 1.82) is 0 Å². The van der Waals surface area contributed by atoms with Gasteiger partial charge >= 0.3 is 0 Å². The number of hydrogen-bond donors (Lipinski definition) is 1. The Labute approximate surface area is 105 Å². The molecule has 1 unspecified atom stereocenters. The molecular weight excluding hydrogens is 216 g/mol. The third kappa shape index (κ3) is 4.64. The fraction of sp³-hybridized carbons (Fsp3) is 1.00. The van der Waals surface area contributed by atoms with Crippen LogP contribution in [0.3, 0.4) is 0 Å². The number of rotatable bonds is 6. The Kier molecular flexibility index (Phi) is 6.16. The first-order chi connectivity index (χ1) is 7.59. The predicted octanol–water partition coefficient (Wildman–Crippen LogP) is 2.58. The maximum absolute atomic E-state index is 5.93. The highest BCUT2D eigenvalue weighted by Gasteiger charge is 2.29. The monoisotopic (exact) mass is 244 g/mol. The van der Waals surface area contributed by atoms with Crippen LogP contribution in [0.15, 0.2) is 0 Å². The van der Waals surface area contributed by atoms with E-state index in [1.54, 1.807) is 0 Å². The molecule has 2 N–H and O–H groups in total. The van der Waals surface area contributed by atoms with Crippen LogP contribution in [0.2, 0.25) is 0 Å². The first-order valence-corrected chi connectivity index (χ1v) is 7.91. The van der Waals surface area contributed by atoms with Gasteiger partial charge in [-0.1, -0.05) is 13.8 Å². The molecule has 0 amide bonds. The summed E-state index contributed by atoms with van der Waals surface area (Å²) in [4.78, 5) is 2.63. The Morgan fingerprint density at radius 3 is 2.75 bits per heavy atom. The molecule has 16 heavy (non-hydrogen) atoms. The van der Waals surface area contributed by atoms with Gasteiger partial charge in [0, 0.05) is 19.1 Å². The molecule has 96 valence electrons. The lowest BCUT2D eigenvalue weighted by Crippen LogP contribution is -2.48. The summed E-state index contributed by atoms with van der Waals surface area (Å²) in [6.07, 6.45) is 7.46. The van der Waals surface area contributed by atoms with Crippen molar-refractivity contribution >= 4 is 11.8 Å². The van der Waals surface area contributed by atoms with Gasteiger partial charge in [-0.15, -0.1) is 0 Å². The number of nitrogens with two attached hydrogens (primary N) is 1. The molecule has 0 spiro atoms. The molecule has 0 aromatic heterocycles. The number of hydrogen-bond acceptors (Lipinski definition) is 3. The molecule has 0 aliphatic carbocycles. The molecule has 1 saturated heterocycles. The summed E-state index contributed by atoms with van der Waals surface area (Å²) >= 11 is 1.94. The number of nitrogens with zero attached hydrogens (tertiary/aromatic N) is 1. The largest absolute Gasteiger partial charge is 0.329 e. The van der Waals surface area contributed by atoms with Crippen molar-refractivity contribution in [3.8, 4) is 0 Å². The van der Waals surface area contributed by atoms with Gasteiger partial charge in [0.05, 0.1) is 0 Å². The van der Waals surface area contributed by atoms with Gasteiger partial charge in [-0.3, -0.25) is 4.90 Å². The molecule has 1 rings (SSSR count). The van der Waals surface area contributed by atoms with Gasteiger partial charge in [-0.05, 0) is 49.7 Å². The minimum atomic E-state index is 0.491. The normalized spacial score (nSPS) is 23.2. The molecule has 0 saturated carbocycles. The first-order valence-electron chi connectivity index (χ1n) is 6.52. The molecule has 1 fully saturated rings. The highest BCUT2D eigenvalue weighted by molar-refractivity contribution is 7.98. The van der Waals surface area contributed by atoms with E-state index in [1.165, 1.54) is 44.5 Å². The highest BCUT2D eigenvalue weighted by Crippen LogP contribution is 2.30.